The van der Waals surface area contributed by atoms with Gasteiger partial charge < -0.3 is 13.9 Å². The molecule has 1 aromatic rings. The Morgan fingerprint density at radius 2 is 1.10 bits per heavy atom. The average Bonchev–Trinajstić information content (AvgIpc) is 2.65. The zero-order valence-electron chi connectivity index (χ0n) is 17.7. The molecule has 3 nitrogen and oxygen atoms in total. The summed E-state index contributed by atoms with van der Waals surface area (Å²) in [5.74, 6) is -10.5. The van der Waals surface area contributed by atoms with Crippen molar-refractivity contribution in [2.24, 2.45) is 0 Å². The van der Waals surface area contributed by atoms with Gasteiger partial charge in [-0.15, -0.1) is 0 Å². The summed E-state index contributed by atoms with van der Waals surface area (Å²) in [6.07, 6.45) is 3.44. The molecule has 1 aromatic carbocycles. The lowest BCUT2D eigenvalue weighted by Crippen LogP contribution is -2.42. The summed E-state index contributed by atoms with van der Waals surface area (Å²) in [7, 11) is 0.450. The van der Waals surface area contributed by atoms with Gasteiger partial charge >= 0.3 is 0 Å². The number of hydrogen-bond donors (Lipinski definition) is 0. The van der Waals surface area contributed by atoms with E-state index in [2.05, 4.69) is 0 Å². The van der Waals surface area contributed by atoms with Crippen molar-refractivity contribution >= 4 is 10.5 Å². The predicted molar refractivity (Wildman–Crippen MR) is 104 cm³/mol. The minimum atomic E-state index is -2.12. The molecule has 0 aliphatic rings. The average molecular weight is 443 g/mol. The van der Waals surface area contributed by atoms with Crippen LogP contribution in [-0.2, 0) is 20.3 Å². The minimum absolute atomic E-state index is 0.0657. The number of ether oxygens (including phenoxy) is 2. The monoisotopic (exact) mass is 442 g/mol. The van der Waals surface area contributed by atoms with Gasteiger partial charge in [0.2, 0.25) is 5.82 Å². The molecule has 0 saturated carbocycles. The summed E-state index contributed by atoms with van der Waals surface area (Å²) in [5.41, 5.74) is -0.750. The highest BCUT2D eigenvalue weighted by molar-refractivity contribution is 5.98. The molecular formula is C20H31F5O3Si. The van der Waals surface area contributed by atoms with Crippen LogP contribution in [0, 0.1) is 29.1 Å². The second-order valence-corrected chi connectivity index (χ2v) is 7.94. The molecule has 0 spiro atoms. The molecule has 0 heterocycles. The predicted octanol–water partition coefficient (Wildman–Crippen LogP) is 5.07. The number of rotatable bonds is 13. The van der Waals surface area contributed by atoms with Gasteiger partial charge in [-0.3, -0.25) is 0 Å². The third kappa shape index (κ3) is 7.62. The molecule has 0 unspecified atom stereocenters. The molecular weight excluding hydrogens is 411 g/mol. The smallest absolute Gasteiger partial charge is 0.273 e. The molecule has 0 radical (unpaired) electrons. The molecule has 0 aromatic heterocycles. The molecule has 1 rings (SSSR count). The first-order valence-electron chi connectivity index (χ1n) is 9.95. The van der Waals surface area contributed by atoms with E-state index in [1.807, 2.05) is 27.7 Å². The normalized spacial score (nSPS) is 12.5. The van der Waals surface area contributed by atoms with Crippen LogP contribution in [0.4, 0.5) is 22.0 Å². The molecule has 0 aliphatic carbocycles. The van der Waals surface area contributed by atoms with Crippen LogP contribution in [0.2, 0.25) is 0 Å². The molecule has 0 saturated heterocycles. The zero-order valence-corrected chi connectivity index (χ0v) is 19.7. The van der Waals surface area contributed by atoms with Gasteiger partial charge in [0.25, 0.3) is 5.97 Å². The van der Waals surface area contributed by atoms with Gasteiger partial charge in [-0.1, -0.05) is 19.3 Å². The second-order valence-electron chi connectivity index (χ2n) is 7.54. The molecule has 9 heteroatoms. The van der Waals surface area contributed by atoms with E-state index in [4.69, 9.17) is 13.9 Å². The summed E-state index contributed by atoms with van der Waals surface area (Å²) in [6, 6.07) is 0. The van der Waals surface area contributed by atoms with Gasteiger partial charge in [0.15, 0.2) is 33.8 Å². The fraction of sp³-hybridized carbons (Fsp3) is 0.700. The fourth-order valence-electron chi connectivity index (χ4n) is 3.11. The highest BCUT2D eigenvalue weighted by Crippen LogP contribution is 2.27. The van der Waals surface area contributed by atoms with E-state index >= 15 is 0 Å². The Labute approximate surface area is 172 Å². The zero-order chi connectivity index (χ0) is 22.2. The molecule has 168 valence electrons. The van der Waals surface area contributed by atoms with Crippen LogP contribution in [0.3, 0.4) is 0 Å². The van der Waals surface area contributed by atoms with E-state index in [9.17, 15) is 22.0 Å². The first-order valence-corrected chi connectivity index (χ1v) is 10.8. The maximum Gasteiger partial charge on any atom is 0.273 e. The fourth-order valence-corrected chi connectivity index (χ4v) is 3.50. The van der Waals surface area contributed by atoms with Crippen molar-refractivity contribution in [1.29, 1.82) is 0 Å². The van der Waals surface area contributed by atoms with E-state index in [1.54, 1.807) is 0 Å². The molecule has 0 fully saturated rings. The third-order valence-electron chi connectivity index (χ3n) is 4.35. The minimum Gasteiger partial charge on any atom is -0.380 e. The lowest BCUT2D eigenvalue weighted by atomic mass is 10.0. The molecule has 0 bridgehead atoms. The first-order chi connectivity index (χ1) is 13.5. The Morgan fingerprint density at radius 1 is 0.690 bits per heavy atom. The number of halogens is 5. The molecule has 0 N–H and O–H groups in total. The van der Waals surface area contributed by atoms with Gasteiger partial charge in [-0.05, 0) is 47.0 Å². The van der Waals surface area contributed by atoms with Crippen LogP contribution in [0.25, 0.3) is 0 Å². The summed E-state index contributed by atoms with van der Waals surface area (Å²) in [4.78, 5) is 0. The van der Waals surface area contributed by atoms with Gasteiger partial charge in [-0.2, -0.15) is 0 Å². The Morgan fingerprint density at radius 3 is 1.55 bits per heavy atom. The number of benzene rings is 1. The third-order valence-corrected chi connectivity index (χ3v) is 4.97. The van der Waals surface area contributed by atoms with E-state index in [0.29, 0.717) is 29.7 Å². The molecule has 0 amide bonds. The summed E-state index contributed by atoms with van der Waals surface area (Å²) < 4.78 is 84.1. The Hall–Kier alpha value is -1.03. The van der Waals surface area contributed by atoms with Crippen molar-refractivity contribution in [3.63, 3.8) is 0 Å². The van der Waals surface area contributed by atoms with E-state index in [0.717, 1.165) is 19.3 Å². The van der Waals surface area contributed by atoms with Crippen molar-refractivity contribution < 1.29 is 35.9 Å². The Balaban J connectivity index is 2.48. The van der Waals surface area contributed by atoms with Crippen LogP contribution >= 0.6 is 0 Å². The molecule has 0 atom stereocenters. The van der Waals surface area contributed by atoms with E-state index < -0.39 is 40.6 Å². The Kier molecular flexibility index (Phi) is 10.7. The van der Waals surface area contributed by atoms with E-state index in [-0.39, 0.29) is 18.6 Å². The maximum atomic E-state index is 13.7. The van der Waals surface area contributed by atoms with Crippen molar-refractivity contribution in [2.75, 3.05) is 0 Å². The van der Waals surface area contributed by atoms with E-state index in [1.165, 1.54) is 0 Å². The van der Waals surface area contributed by atoms with Gasteiger partial charge in [-0.25, -0.2) is 22.0 Å². The lowest BCUT2D eigenvalue weighted by molar-refractivity contribution is -0.369. The Bertz CT molecular complexity index is 616. The topological polar surface area (TPSA) is 27.7 Å². The van der Waals surface area contributed by atoms with Crippen LogP contribution < -0.4 is 0 Å². The summed E-state index contributed by atoms with van der Waals surface area (Å²) in [5, 5.41) is 0. The quantitative estimate of drug-likeness (QED) is 0.107. The SMILES string of the molecule is CC(C)OC(CCCCCCCc1c(F)c(F)c(F)c(F)c1F)(O[SiH3])OC(C)C. The van der Waals surface area contributed by atoms with Gasteiger partial charge in [0, 0.05) is 12.0 Å². The maximum absolute atomic E-state index is 13.7. The molecule has 0 aliphatic heterocycles. The number of unbranched alkanes of at least 4 members (excludes halogenated alkanes) is 4. The standard InChI is InChI=1S/C20H31F5O3Si/c1-12(2)26-20(28-29,27-13(3)4)11-9-7-5-6-8-10-14-15(21)17(23)19(25)18(24)16(14)22/h12-13H,5-11H2,1-4,29H3. The number of hydrogen-bond acceptors (Lipinski definition) is 3. The highest BCUT2D eigenvalue weighted by atomic mass is 28.2. The highest BCUT2D eigenvalue weighted by Gasteiger charge is 2.33. The van der Waals surface area contributed by atoms with Crippen molar-refractivity contribution in [1.82, 2.24) is 0 Å². The lowest BCUT2D eigenvalue weighted by Gasteiger charge is -2.36. The van der Waals surface area contributed by atoms with Crippen LogP contribution in [0.15, 0.2) is 0 Å². The summed E-state index contributed by atoms with van der Waals surface area (Å²) >= 11 is 0. The van der Waals surface area contributed by atoms with Gasteiger partial charge in [0.1, 0.15) is 0 Å². The van der Waals surface area contributed by atoms with Crippen LogP contribution in [0.5, 0.6) is 0 Å². The first kappa shape index (κ1) is 26.0. The summed E-state index contributed by atoms with van der Waals surface area (Å²) in [6.45, 7) is 7.60. The van der Waals surface area contributed by atoms with Crippen LogP contribution in [0.1, 0.15) is 71.8 Å². The van der Waals surface area contributed by atoms with Crippen molar-refractivity contribution in [3.8, 4) is 0 Å². The second kappa shape index (κ2) is 12.0. The van der Waals surface area contributed by atoms with Crippen molar-refractivity contribution in [2.45, 2.75) is 90.8 Å². The largest absolute Gasteiger partial charge is 0.380 e. The molecule has 29 heavy (non-hydrogen) atoms. The van der Waals surface area contributed by atoms with Crippen molar-refractivity contribution in [3.05, 3.63) is 34.6 Å². The van der Waals surface area contributed by atoms with Crippen LogP contribution in [-0.4, -0.2) is 28.7 Å². The van der Waals surface area contributed by atoms with Gasteiger partial charge in [0.05, 0.1) is 12.2 Å².